The van der Waals surface area contributed by atoms with E-state index in [1.807, 2.05) is 18.2 Å². The lowest BCUT2D eigenvalue weighted by molar-refractivity contribution is 0.0828. The van der Waals surface area contributed by atoms with Crippen molar-refractivity contribution in [3.63, 3.8) is 0 Å². The highest BCUT2D eigenvalue weighted by atomic mass is 35.5. The number of nitrogens with zero attached hydrogens (tertiary/aromatic N) is 6. The Morgan fingerprint density at radius 2 is 1.63 bits per heavy atom. The monoisotopic (exact) mass is 525 g/mol. The summed E-state index contributed by atoms with van der Waals surface area (Å²) in [4.78, 5) is 22.5. The maximum Gasteiger partial charge on any atom is 0.145 e. The molecule has 2 aromatic carbocycles. The van der Waals surface area contributed by atoms with E-state index in [0.29, 0.717) is 17.2 Å². The van der Waals surface area contributed by atoms with Gasteiger partial charge in [0.1, 0.15) is 23.0 Å². The van der Waals surface area contributed by atoms with Crippen molar-refractivity contribution in [1.29, 1.82) is 0 Å². The topological polar surface area (TPSA) is 65.9 Å². The number of fused-ring (bicyclic) bond motifs is 2. The number of imidazole rings is 1. The minimum absolute atomic E-state index is 0.416. The number of hydrogen-bond acceptors (Lipinski definition) is 5. The van der Waals surface area contributed by atoms with Crippen molar-refractivity contribution in [2.24, 2.45) is 0 Å². The normalized spacial score (nSPS) is 21.4. The van der Waals surface area contributed by atoms with E-state index in [4.69, 9.17) is 21.6 Å². The fourth-order valence-corrected chi connectivity index (χ4v) is 6.57. The number of aromatic nitrogens is 5. The van der Waals surface area contributed by atoms with Gasteiger partial charge in [-0.15, -0.1) is 0 Å². The Hall–Kier alpha value is -3.26. The number of halogens is 1. The van der Waals surface area contributed by atoms with Crippen LogP contribution in [0.1, 0.15) is 31.7 Å². The van der Waals surface area contributed by atoms with Crippen LogP contribution < -0.4 is 0 Å². The Bertz CT molecular complexity index is 1570. The van der Waals surface area contributed by atoms with Crippen molar-refractivity contribution in [1.82, 2.24) is 34.3 Å². The predicted molar refractivity (Wildman–Crippen MR) is 153 cm³/mol. The van der Waals surface area contributed by atoms with Gasteiger partial charge in [0.2, 0.25) is 0 Å². The molecule has 2 fully saturated rings. The molecule has 38 heavy (non-hydrogen) atoms. The molecule has 1 saturated heterocycles. The van der Waals surface area contributed by atoms with Gasteiger partial charge < -0.3 is 14.5 Å². The Labute approximate surface area is 227 Å². The molecule has 4 heterocycles. The molecule has 7 rings (SSSR count). The summed E-state index contributed by atoms with van der Waals surface area (Å²) >= 11 is 6.71. The molecular weight excluding hydrogens is 494 g/mol. The molecule has 0 radical (unpaired) electrons. The minimum Gasteiger partial charge on any atom is -0.338 e. The van der Waals surface area contributed by atoms with Crippen LogP contribution in [0.4, 0.5) is 0 Å². The summed E-state index contributed by atoms with van der Waals surface area (Å²) in [5.41, 5.74) is 6.09. The van der Waals surface area contributed by atoms with E-state index in [1.165, 1.54) is 39.0 Å². The Morgan fingerprint density at radius 3 is 2.42 bits per heavy atom. The zero-order chi connectivity index (χ0) is 25.6. The lowest BCUT2D eigenvalue weighted by Crippen LogP contribution is -2.49. The number of H-pyrrole nitrogens is 1. The van der Waals surface area contributed by atoms with Gasteiger partial charge in [-0.3, -0.25) is 4.90 Å². The van der Waals surface area contributed by atoms with Crippen molar-refractivity contribution in [3.05, 3.63) is 66.2 Å². The summed E-state index contributed by atoms with van der Waals surface area (Å²) in [6.45, 7) is 4.72. The van der Waals surface area contributed by atoms with E-state index in [1.54, 1.807) is 6.33 Å². The third-order valence-corrected chi connectivity index (χ3v) is 8.80. The van der Waals surface area contributed by atoms with Gasteiger partial charge in [-0.05, 0) is 50.4 Å². The molecule has 3 aromatic heterocycles. The quantitative estimate of drug-likeness (QED) is 0.290. The second kappa shape index (κ2) is 9.80. The Balaban J connectivity index is 1.20. The highest BCUT2D eigenvalue weighted by Crippen LogP contribution is 2.40. The smallest absolute Gasteiger partial charge is 0.145 e. The van der Waals surface area contributed by atoms with E-state index in [0.717, 1.165) is 57.4 Å². The van der Waals surface area contributed by atoms with E-state index >= 15 is 0 Å². The number of likely N-dealkylation sites (N-methyl/N-ethyl adjacent to an activating group) is 1. The summed E-state index contributed by atoms with van der Waals surface area (Å²) in [5, 5.41) is 1.43. The average Bonchev–Trinajstić information content (AvgIpc) is 3.57. The molecule has 0 bridgehead atoms. The number of aromatic amines is 1. The van der Waals surface area contributed by atoms with Gasteiger partial charge in [-0.2, -0.15) is 0 Å². The molecule has 1 aliphatic carbocycles. The number of hydrogen-bond donors (Lipinski definition) is 1. The fourth-order valence-electron chi connectivity index (χ4n) is 6.34. The van der Waals surface area contributed by atoms with Crippen molar-refractivity contribution in [3.8, 4) is 22.5 Å². The average molecular weight is 526 g/mol. The van der Waals surface area contributed by atoms with Crippen molar-refractivity contribution >= 4 is 33.7 Å². The van der Waals surface area contributed by atoms with Crippen LogP contribution in [0.25, 0.3) is 44.6 Å². The predicted octanol–water partition coefficient (Wildman–Crippen LogP) is 6.03. The van der Waals surface area contributed by atoms with Crippen LogP contribution in [-0.2, 0) is 0 Å². The minimum atomic E-state index is 0.416. The molecule has 2 aliphatic rings. The molecule has 1 saturated carbocycles. The van der Waals surface area contributed by atoms with E-state index in [-0.39, 0.29) is 0 Å². The standard InChI is InChI=1S/C30H32ClN7/c1-36-13-15-37(16-14-36)22-8-10-23(11-9-22)38-18-24(27-28(31)32-19-33-30(27)38)21-7-12-25-26(17-21)35-29(34-25)20-5-3-2-4-6-20/h2-7,12,17-19,22-23H,8-11,13-16H2,1H3,(H,34,35)/t22-,23+. The van der Waals surface area contributed by atoms with Crippen LogP contribution in [0.15, 0.2) is 61.1 Å². The highest BCUT2D eigenvalue weighted by Gasteiger charge is 2.30. The van der Waals surface area contributed by atoms with Gasteiger partial charge in [0.05, 0.1) is 16.4 Å². The largest absolute Gasteiger partial charge is 0.338 e. The molecule has 194 valence electrons. The van der Waals surface area contributed by atoms with Crippen LogP contribution in [0, 0.1) is 0 Å². The van der Waals surface area contributed by atoms with Crippen LogP contribution >= 0.6 is 11.6 Å². The first kappa shape index (κ1) is 23.8. The Kier molecular flexibility index (Phi) is 6.15. The summed E-state index contributed by atoms with van der Waals surface area (Å²) < 4.78 is 2.36. The van der Waals surface area contributed by atoms with E-state index in [9.17, 15) is 0 Å². The molecule has 1 N–H and O–H groups in total. The summed E-state index contributed by atoms with van der Waals surface area (Å²) in [7, 11) is 2.22. The highest BCUT2D eigenvalue weighted by molar-refractivity contribution is 6.35. The lowest BCUT2D eigenvalue weighted by atomic mass is 9.89. The van der Waals surface area contributed by atoms with Crippen LogP contribution in [0.3, 0.4) is 0 Å². The Morgan fingerprint density at radius 1 is 0.868 bits per heavy atom. The van der Waals surface area contributed by atoms with Crippen LogP contribution in [0.2, 0.25) is 5.15 Å². The zero-order valence-corrected chi connectivity index (χ0v) is 22.4. The summed E-state index contributed by atoms with van der Waals surface area (Å²) in [6, 6.07) is 17.7. The van der Waals surface area contributed by atoms with E-state index < -0.39 is 0 Å². The fraction of sp³-hybridized carbons (Fsp3) is 0.367. The van der Waals surface area contributed by atoms with Gasteiger partial charge in [0.15, 0.2) is 0 Å². The maximum atomic E-state index is 6.71. The lowest BCUT2D eigenvalue weighted by Gasteiger charge is -2.41. The molecule has 1 aliphatic heterocycles. The van der Waals surface area contributed by atoms with Gasteiger partial charge in [-0.25, -0.2) is 15.0 Å². The second-order valence-electron chi connectivity index (χ2n) is 10.8. The second-order valence-corrected chi connectivity index (χ2v) is 11.2. The van der Waals surface area contributed by atoms with Gasteiger partial charge in [0, 0.05) is 55.6 Å². The van der Waals surface area contributed by atoms with Crippen molar-refractivity contribution in [2.75, 3.05) is 33.2 Å². The van der Waals surface area contributed by atoms with Crippen LogP contribution in [0.5, 0.6) is 0 Å². The molecular formula is C30H32ClN7. The molecule has 5 aromatic rings. The number of piperazine rings is 1. The van der Waals surface area contributed by atoms with E-state index in [2.05, 4.69) is 67.9 Å². The summed E-state index contributed by atoms with van der Waals surface area (Å²) in [6.07, 6.45) is 8.59. The molecule has 0 unspecified atom stereocenters. The van der Waals surface area contributed by atoms with Gasteiger partial charge in [0.25, 0.3) is 0 Å². The first-order valence-corrected chi connectivity index (χ1v) is 14.0. The molecule has 0 atom stereocenters. The van der Waals surface area contributed by atoms with Gasteiger partial charge in [-0.1, -0.05) is 48.0 Å². The number of nitrogens with one attached hydrogen (secondary N) is 1. The first-order valence-electron chi connectivity index (χ1n) is 13.6. The van der Waals surface area contributed by atoms with Crippen molar-refractivity contribution in [2.45, 2.75) is 37.8 Å². The molecule has 7 nitrogen and oxygen atoms in total. The van der Waals surface area contributed by atoms with Crippen LogP contribution in [-0.4, -0.2) is 73.6 Å². The third-order valence-electron chi connectivity index (χ3n) is 8.52. The van der Waals surface area contributed by atoms with Crippen molar-refractivity contribution < 1.29 is 0 Å². The number of rotatable bonds is 4. The number of benzene rings is 2. The maximum absolute atomic E-state index is 6.71. The van der Waals surface area contributed by atoms with Gasteiger partial charge >= 0.3 is 0 Å². The molecule has 0 spiro atoms. The first-order chi connectivity index (χ1) is 18.6. The molecule has 8 heteroatoms. The summed E-state index contributed by atoms with van der Waals surface area (Å²) in [5.74, 6) is 0.874. The third kappa shape index (κ3) is 4.28. The SMILES string of the molecule is CN1CCN([C@H]2CC[C@@H](n3cc(-c4ccc5[nH]c(-c6ccccc6)nc5c4)c4c(Cl)ncnc43)CC2)CC1. The zero-order valence-electron chi connectivity index (χ0n) is 21.6. The molecule has 0 amide bonds.